The summed E-state index contributed by atoms with van der Waals surface area (Å²) in [6.07, 6.45) is 0. The molecule has 0 aliphatic carbocycles. The molecule has 0 unspecified atom stereocenters. The second-order valence-corrected chi connectivity index (χ2v) is 5.63. The van der Waals surface area contributed by atoms with E-state index in [1.807, 2.05) is 47.1 Å². The number of nitrogens with zero attached hydrogens (tertiary/aromatic N) is 3. The maximum absolute atomic E-state index is 5.26. The number of methoxy groups -OCH3 is 1. The topological polar surface area (TPSA) is 39.9 Å². The Morgan fingerprint density at radius 2 is 1.90 bits per heavy atom. The first-order valence-electron chi connectivity index (χ1n) is 6.55. The smallest absolute Gasteiger partial charge is 0.127 e. The Hall–Kier alpha value is -1.89. The Bertz CT molecular complexity index is 740. The molecule has 4 nitrogen and oxygen atoms in total. The summed E-state index contributed by atoms with van der Waals surface area (Å²) in [5, 5.41) is 8.57. The SMILES string of the molecule is COc1cccc(-c2nnn(Cc3ccccc3)c2I)c1. The molecular formula is C16H14IN3O. The van der Waals surface area contributed by atoms with Gasteiger partial charge in [-0.2, -0.15) is 0 Å². The molecule has 1 aromatic heterocycles. The molecule has 1 heterocycles. The highest BCUT2D eigenvalue weighted by Crippen LogP contribution is 2.26. The molecule has 2 aromatic carbocycles. The van der Waals surface area contributed by atoms with Gasteiger partial charge in [-0.25, -0.2) is 4.68 Å². The third-order valence-electron chi connectivity index (χ3n) is 3.19. The molecule has 3 aromatic rings. The van der Waals surface area contributed by atoms with Crippen molar-refractivity contribution >= 4 is 22.6 Å². The van der Waals surface area contributed by atoms with E-state index in [0.29, 0.717) is 0 Å². The first-order chi connectivity index (χ1) is 10.3. The highest BCUT2D eigenvalue weighted by Gasteiger charge is 2.12. The van der Waals surface area contributed by atoms with Gasteiger partial charge in [0.1, 0.15) is 15.1 Å². The molecule has 0 atom stereocenters. The summed E-state index contributed by atoms with van der Waals surface area (Å²) in [5.41, 5.74) is 3.10. The van der Waals surface area contributed by atoms with Crippen LogP contribution in [-0.4, -0.2) is 22.1 Å². The van der Waals surface area contributed by atoms with Crippen LogP contribution in [-0.2, 0) is 6.54 Å². The summed E-state index contributed by atoms with van der Waals surface area (Å²) in [4.78, 5) is 0. The fraction of sp³-hybridized carbons (Fsp3) is 0.125. The molecule has 21 heavy (non-hydrogen) atoms. The average Bonchev–Trinajstić information content (AvgIpc) is 2.89. The fourth-order valence-electron chi connectivity index (χ4n) is 2.11. The van der Waals surface area contributed by atoms with Crippen LogP contribution >= 0.6 is 22.6 Å². The lowest BCUT2D eigenvalue weighted by Gasteiger charge is -2.04. The van der Waals surface area contributed by atoms with E-state index >= 15 is 0 Å². The fourth-order valence-corrected chi connectivity index (χ4v) is 2.79. The molecule has 106 valence electrons. The van der Waals surface area contributed by atoms with Crippen LogP contribution < -0.4 is 4.74 Å². The van der Waals surface area contributed by atoms with Crippen LogP contribution in [0.1, 0.15) is 5.56 Å². The average molecular weight is 391 g/mol. The molecule has 3 rings (SSSR count). The Balaban J connectivity index is 1.92. The molecule has 0 aliphatic heterocycles. The minimum Gasteiger partial charge on any atom is -0.497 e. The number of ether oxygens (including phenoxy) is 1. The Kier molecular flexibility index (Phi) is 4.19. The van der Waals surface area contributed by atoms with Gasteiger partial charge < -0.3 is 4.74 Å². The van der Waals surface area contributed by atoms with Gasteiger partial charge in [-0.05, 0) is 40.3 Å². The van der Waals surface area contributed by atoms with Crippen LogP contribution in [0, 0.1) is 3.70 Å². The molecule has 0 fully saturated rings. The summed E-state index contributed by atoms with van der Waals surface area (Å²) >= 11 is 2.29. The molecule has 0 saturated heterocycles. The van der Waals surface area contributed by atoms with Gasteiger partial charge in [0.25, 0.3) is 0 Å². The van der Waals surface area contributed by atoms with Crippen molar-refractivity contribution in [2.24, 2.45) is 0 Å². The van der Waals surface area contributed by atoms with Crippen molar-refractivity contribution in [2.75, 3.05) is 7.11 Å². The second kappa shape index (κ2) is 6.26. The molecule has 0 amide bonds. The third-order valence-corrected chi connectivity index (χ3v) is 4.26. The first kappa shape index (κ1) is 14.1. The van der Waals surface area contributed by atoms with E-state index in [1.54, 1.807) is 7.11 Å². The van der Waals surface area contributed by atoms with E-state index in [4.69, 9.17) is 4.74 Å². The maximum atomic E-state index is 5.26. The largest absolute Gasteiger partial charge is 0.497 e. The van der Waals surface area contributed by atoms with Gasteiger partial charge in [-0.1, -0.05) is 47.7 Å². The summed E-state index contributed by atoms with van der Waals surface area (Å²) < 4.78 is 8.19. The zero-order chi connectivity index (χ0) is 14.7. The summed E-state index contributed by atoms with van der Waals surface area (Å²) in [5.74, 6) is 0.820. The van der Waals surface area contributed by atoms with Crippen molar-refractivity contribution in [1.82, 2.24) is 15.0 Å². The van der Waals surface area contributed by atoms with Crippen molar-refractivity contribution in [3.05, 3.63) is 63.9 Å². The highest BCUT2D eigenvalue weighted by molar-refractivity contribution is 14.1. The zero-order valence-corrected chi connectivity index (χ0v) is 13.7. The Morgan fingerprint density at radius 3 is 2.67 bits per heavy atom. The van der Waals surface area contributed by atoms with Gasteiger partial charge in [-0.15, -0.1) is 5.10 Å². The van der Waals surface area contributed by atoms with E-state index in [1.165, 1.54) is 5.56 Å². The van der Waals surface area contributed by atoms with E-state index in [0.717, 1.165) is 27.3 Å². The van der Waals surface area contributed by atoms with Crippen LogP contribution in [0.15, 0.2) is 54.6 Å². The molecule has 0 saturated carbocycles. The van der Waals surface area contributed by atoms with Crippen LogP contribution in [0.25, 0.3) is 11.3 Å². The first-order valence-corrected chi connectivity index (χ1v) is 7.63. The maximum Gasteiger partial charge on any atom is 0.127 e. The minimum absolute atomic E-state index is 0.718. The lowest BCUT2D eigenvalue weighted by atomic mass is 10.1. The van der Waals surface area contributed by atoms with Crippen LogP contribution in [0.2, 0.25) is 0 Å². The number of aromatic nitrogens is 3. The predicted octanol–water partition coefficient (Wildman–Crippen LogP) is 3.61. The van der Waals surface area contributed by atoms with E-state index < -0.39 is 0 Å². The molecule has 0 radical (unpaired) electrons. The van der Waals surface area contributed by atoms with Gasteiger partial charge in [0.2, 0.25) is 0 Å². The van der Waals surface area contributed by atoms with E-state index in [-0.39, 0.29) is 0 Å². The molecule has 5 heteroatoms. The summed E-state index contributed by atoms with van der Waals surface area (Å²) in [7, 11) is 1.66. The zero-order valence-electron chi connectivity index (χ0n) is 11.5. The highest BCUT2D eigenvalue weighted by atomic mass is 127. The lowest BCUT2D eigenvalue weighted by Crippen LogP contribution is -2.03. The number of hydrogen-bond acceptors (Lipinski definition) is 3. The number of rotatable bonds is 4. The lowest BCUT2D eigenvalue weighted by molar-refractivity contribution is 0.415. The molecule has 0 aliphatic rings. The standard InChI is InChI=1S/C16H14IN3O/c1-21-14-9-5-8-13(10-14)15-16(17)20(19-18-15)11-12-6-3-2-4-7-12/h2-10H,11H2,1H3. The number of hydrogen-bond donors (Lipinski definition) is 0. The number of halogens is 1. The monoisotopic (exact) mass is 391 g/mol. The Morgan fingerprint density at radius 1 is 1.10 bits per heavy atom. The van der Waals surface area contributed by atoms with Crippen molar-refractivity contribution in [3.63, 3.8) is 0 Å². The van der Waals surface area contributed by atoms with E-state index in [2.05, 4.69) is 45.0 Å². The quantitative estimate of drug-likeness (QED) is 0.638. The summed E-state index contributed by atoms with van der Waals surface area (Å²) in [6.45, 7) is 0.718. The van der Waals surface area contributed by atoms with Gasteiger partial charge in [0, 0.05) is 5.56 Å². The van der Waals surface area contributed by atoms with Crippen LogP contribution in [0.4, 0.5) is 0 Å². The minimum atomic E-state index is 0.718. The number of benzene rings is 2. The molecular weight excluding hydrogens is 377 g/mol. The molecule has 0 spiro atoms. The summed E-state index contributed by atoms with van der Waals surface area (Å²) in [6, 6.07) is 18.1. The van der Waals surface area contributed by atoms with Crippen molar-refractivity contribution in [3.8, 4) is 17.0 Å². The van der Waals surface area contributed by atoms with Crippen molar-refractivity contribution in [2.45, 2.75) is 6.54 Å². The Labute approximate surface area is 136 Å². The molecule has 0 bridgehead atoms. The molecule has 0 N–H and O–H groups in total. The normalized spacial score (nSPS) is 10.6. The van der Waals surface area contributed by atoms with Crippen LogP contribution in [0.3, 0.4) is 0 Å². The predicted molar refractivity (Wildman–Crippen MR) is 90.3 cm³/mol. The second-order valence-electron chi connectivity index (χ2n) is 4.60. The van der Waals surface area contributed by atoms with Crippen molar-refractivity contribution < 1.29 is 4.74 Å². The van der Waals surface area contributed by atoms with E-state index in [9.17, 15) is 0 Å². The van der Waals surface area contributed by atoms with Gasteiger partial charge in [-0.3, -0.25) is 0 Å². The van der Waals surface area contributed by atoms with Gasteiger partial charge >= 0.3 is 0 Å². The van der Waals surface area contributed by atoms with Gasteiger partial charge in [0.15, 0.2) is 0 Å². The third kappa shape index (κ3) is 3.07. The van der Waals surface area contributed by atoms with Gasteiger partial charge in [0.05, 0.1) is 13.7 Å². The van der Waals surface area contributed by atoms with Crippen LogP contribution in [0.5, 0.6) is 5.75 Å². The van der Waals surface area contributed by atoms with Crippen molar-refractivity contribution in [1.29, 1.82) is 0 Å².